The third kappa shape index (κ3) is 7.07. The molecule has 3 aliphatic heterocycles. The zero-order valence-corrected chi connectivity index (χ0v) is 31.4. The molecule has 1 aromatic carbocycles. The van der Waals surface area contributed by atoms with Crippen LogP contribution in [0.4, 0.5) is 11.4 Å². The van der Waals surface area contributed by atoms with Crippen molar-refractivity contribution in [3.8, 4) is 11.1 Å². The lowest BCUT2D eigenvalue weighted by atomic mass is 9.57. The minimum absolute atomic E-state index is 0.00761. The molecule has 0 bridgehead atoms. The molecule has 1 atom stereocenters. The summed E-state index contributed by atoms with van der Waals surface area (Å²) in [6, 6.07) is 11.3. The van der Waals surface area contributed by atoms with Gasteiger partial charge in [-0.2, -0.15) is 5.10 Å². The maximum Gasteiger partial charge on any atom is 0.272 e. The quantitative estimate of drug-likeness (QED) is 0.105. The van der Waals surface area contributed by atoms with Crippen molar-refractivity contribution >= 4 is 44.8 Å². The average Bonchev–Trinajstić information content (AvgIpc) is 4.07. The number of hydrogen-bond donors (Lipinski definition) is 5. The normalized spacial score (nSPS) is 20.6. The number of nitrogens with zero attached hydrogens (tertiary/aromatic N) is 6. The van der Waals surface area contributed by atoms with Crippen molar-refractivity contribution in [2.45, 2.75) is 75.3 Å². The topological polar surface area (TPSA) is 180 Å². The fourth-order valence-corrected chi connectivity index (χ4v) is 7.90. The van der Waals surface area contributed by atoms with Gasteiger partial charge in [0.25, 0.3) is 11.8 Å². The molecule has 4 radical (unpaired) electrons. The highest BCUT2D eigenvalue weighted by Crippen LogP contribution is 2.50. The minimum atomic E-state index is -1.37. The lowest BCUT2D eigenvalue weighted by Gasteiger charge is -2.50. The van der Waals surface area contributed by atoms with Gasteiger partial charge in [-0.15, -0.1) is 0 Å². The van der Waals surface area contributed by atoms with Gasteiger partial charge in [0.2, 0.25) is 5.91 Å². The van der Waals surface area contributed by atoms with Crippen LogP contribution in [0.2, 0.25) is 0 Å². The molecule has 2 saturated heterocycles. The number of carbonyl (C=O) groups is 3. The zero-order chi connectivity index (χ0) is 38.6. The van der Waals surface area contributed by atoms with Crippen LogP contribution < -0.4 is 32.3 Å². The van der Waals surface area contributed by atoms with E-state index in [2.05, 4.69) is 43.5 Å². The Balaban J connectivity index is 1.05. The van der Waals surface area contributed by atoms with Crippen LogP contribution in [-0.2, 0) is 14.9 Å². The van der Waals surface area contributed by atoms with E-state index in [1.807, 2.05) is 35.2 Å². The van der Waals surface area contributed by atoms with E-state index in [1.165, 1.54) is 6.08 Å². The summed E-state index contributed by atoms with van der Waals surface area (Å²) in [5.41, 5.74) is 18.5. The van der Waals surface area contributed by atoms with Gasteiger partial charge in [0.05, 0.1) is 56.7 Å². The molecule has 8 rings (SSSR count). The number of carbonyl (C=O) groups excluding carboxylic acids is 3. The Labute approximate surface area is 323 Å². The molecule has 7 N–H and O–H groups in total. The van der Waals surface area contributed by atoms with Gasteiger partial charge in [-0.1, -0.05) is 25.1 Å². The van der Waals surface area contributed by atoms with Gasteiger partial charge in [0.15, 0.2) is 0 Å². The summed E-state index contributed by atoms with van der Waals surface area (Å²) in [6.45, 7) is 4.70. The summed E-state index contributed by atoms with van der Waals surface area (Å²) in [6.07, 6.45) is 9.68. The highest BCUT2D eigenvalue weighted by Gasteiger charge is 2.43. The molecule has 2 aromatic heterocycles. The van der Waals surface area contributed by atoms with Crippen LogP contribution in [0.15, 0.2) is 65.9 Å². The monoisotopic (exact) mass is 739 g/mol. The second-order valence-electron chi connectivity index (χ2n) is 15.5. The van der Waals surface area contributed by atoms with E-state index >= 15 is 0 Å². The molecule has 282 valence electrons. The molecule has 1 unspecified atom stereocenters. The van der Waals surface area contributed by atoms with Crippen LogP contribution in [0.1, 0.15) is 85.8 Å². The van der Waals surface area contributed by atoms with Crippen LogP contribution >= 0.6 is 0 Å². The first-order chi connectivity index (χ1) is 26.4. The molecule has 2 aliphatic carbocycles. The summed E-state index contributed by atoms with van der Waals surface area (Å²) < 4.78 is 2.09. The number of amides is 3. The summed E-state index contributed by atoms with van der Waals surface area (Å²) in [4.78, 5) is 49.4. The van der Waals surface area contributed by atoms with Crippen LogP contribution in [0.5, 0.6) is 0 Å². The number of fused-ring (bicyclic) bond motifs is 3. The standard InChI is InChI=1S/C39H47B2N11O3/c1-3-30-35-26(19-44-52(35)24-20-51(21-24)39(40,41)31-11-7-10-28(47-31)38(55)50-16-4-5-17-50)25-8-6-9-27(34(25)49(30)2)46-29(33(43)37(54)45-23-14-15-23)18-32(42)48-36(53)22-12-13-22/h6-11,18-19,22-24,30,46H,3-5,12-17,20-21,42-43H2,1-2H3,(H,45,54)(H,48,53)/b32-18+,33-29+. The minimum Gasteiger partial charge on any atom is -0.393 e. The molecule has 5 heterocycles. The number of anilines is 2. The molecule has 2 saturated carbocycles. The number of likely N-dealkylation sites (tertiary alicyclic amines) is 2. The third-order valence-electron chi connectivity index (χ3n) is 11.4. The Hall–Kier alpha value is -5.24. The number of allylic oxidation sites excluding steroid dienone is 1. The van der Waals surface area contributed by atoms with E-state index in [9.17, 15) is 14.4 Å². The molecular formula is C39H47B2N11O3. The lowest BCUT2D eigenvalue weighted by molar-refractivity contribution is -0.121. The Morgan fingerprint density at radius 1 is 1.00 bits per heavy atom. The fraction of sp³-hybridized carbons (Fsp3) is 0.462. The van der Waals surface area contributed by atoms with Crippen molar-refractivity contribution in [1.82, 2.24) is 35.2 Å². The number of benzene rings is 1. The lowest BCUT2D eigenvalue weighted by Crippen LogP contribution is -2.60. The second-order valence-corrected chi connectivity index (χ2v) is 15.5. The van der Waals surface area contributed by atoms with Gasteiger partial charge in [-0.3, -0.25) is 19.1 Å². The molecule has 0 spiro atoms. The van der Waals surface area contributed by atoms with Crippen LogP contribution in [0.25, 0.3) is 11.1 Å². The summed E-state index contributed by atoms with van der Waals surface area (Å²) in [5.74, 6) is -0.582. The first kappa shape index (κ1) is 36.7. The fourth-order valence-electron chi connectivity index (χ4n) is 7.90. The Morgan fingerprint density at radius 2 is 1.73 bits per heavy atom. The van der Waals surface area contributed by atoms with E-state index in [-0.39, 0.29) is 53.1 Å². The molecule has 3 amide bonds. The van der Waals surface area contributed by atoms with Gasteiger partial charge < -0.3 is 42.1 Å². The van der Waals surface area contributed by atoms with Gasteiger partial charge in [0.1, 0.15) is 17.2 Å². The predicted octanol–water partition coefficient (Wildman–Crippen LogP) is 2.27. The predicted molar refractivity (Wildman–Crippen MR) is 211 cm³/mol. The average molecular weight is 740 g/mol. The number of aromatic nitrogens is 3. The summed E-state index contributed by atoms with van der Waals surface area (Å²) in [5, 5.41) is 12.7. The SMILES string of the molecule is [B]C([B])(c1cccc(C(=O)N2CCCC2)n1)N1CC(n2ncc3c2C(CC)N(C)c2c(NC(/C=C(\N)NC(=O)C4CC4)=C(/N)C(=O)NC4CC4)cccc2-3)C1. The Morgan fingerprint density at radius 3 is 2.42 bits per heavy atom. The number of pyridine rings is 1. The molecule has 3 aromatic rings. The maximum absolute atomic E-state index is 13.2. The van der Waals surface area contributed by atoms with Crippen molar-refractivity contribution < 1.29 is 14.4 Å². The number of para-hydroxylation sites is 1. The van der Waals surface area contributed by atoms with Gasteiger partial charge in [0, 0.05) is 68.1 Å². The van der Waals surface area contributed by atoms with Crippen molar-refractivity contribution in [2.24, 2.45) is 17.4 Å². The Bertz CT molecular complexity index is 2080. The van der Waals surface area contributed by atoms with Crippen molar-refractivity contribution in [2.75, 3.05) is 43.4 Å². The largest absolute Gasteiger partial charge is 0.393 e. The van der Waals surface area contributed by atoms with Crippen molar-refractivity contribution in [1.29, 1.82) is 0 Å². The number of nitrogens with two attached hydrogens (primary N) is 2. The Kier molecular flexibility index (Phi) is 9.64. The number of rotatable bonds is 12. The second kappa shape index (κ2) is 14.4. The van der Waals surface area contributed by atoms with E-state index in [1.54, 1.807) is 18.2 Å². The number of hydrogen-bond acceptors (Lipinski definition) is 10. The van der Waals surface area contributed by atoms with Crippen LogP contribution in [0, 0.1) is 5.92 Å². The molecular weight excluding hydrogens is 692 g/mol. The van der Waals surface area contributed by atoms with Gasteiger partial charge in [-0.25, -0.2) is 4.98 Å². The highest BCUT2D eigenvalue weighted by molar-refractivity contribution is 6.39. The van der Waals surface area contributed by atoms with Crippen LogP contribution in [-0.4, -0.2) is 97.2 Å². The number of nitrogens with one attached hydrogen (secondary N) is 3. The van der Waals surface area contributed by atoms with E-state index in [4.69, 9.17) is 32.3 Å². The van der Waals surface area contributed by atoms with E-state index in [0.29, 0.717) is 24.5 Å². The highest BCUT2D eigenvalue weighted by atomic mass is 16.2. The zero-order valence-electron chi connectivity index (χ0n) is 31.4. The van der Waals surface area contributed by atoms with E-state index in [0.717, 1.165) is 86.2 Å². The van der Waals surface area contributed by atoms with Crippen molar-refractivity contribution in [3.63, 3.8) is 0 Å². The maximum atomic E-state index is 13.2. The smallest absolute Gasteiger partial charge is 0.272 e. The first-order valence-electron chi connectivity index (χ1n) is 19.3. The van der Waals surface area contributed by atoms with Crippen molar-refractivity contribution in [3.05, 3.63) is 83.0 Å². The third-order valence-corrected chi connectivity index (χ3v) is 11.4. The molecule has 55 heavy (non-hydrogen) atoms. The molecule has 16 heteroatoms. The molecule has 4 fully saturated rings. The summed E-state index contributed by atoms with van der Waals surface area (Å²) in [7, 11) is 15.6. The molecule has 5 aliphatic rings. The van der Waals surface area contributed by atoms with E-state index < -0.39 is 11.2 Å². The van der Waals surface area contributed by atoms with Gasteiger partial charge in [-0.05, 0) is 68.5 Å². The first-order valence-corrected chi connectivity index (χ1v) is 19.3. The van der Waals surface area contributed by atoms with Gasteiger partial charge >= 0.3 is 0 Å². The summed E-state index contributed by atoms with van der Waals surface area (Å²) >= 11 is 0. The molecule has 14 nitrogen and oxygen atoms in total. The van der Waals surface area contributed by atoms with Crippen LogP contribution in [0.3, 0.4) is 0 Å².